The minimum atomic E-state index is -3.32. The summed E-state index contributed by atoms with van der Waals surface area (Å²) >= 11 is 5.77. The van der Waals surface area contributed by atoms with Crippen LogP contribution in [-0.4, -0.2) is 44.7 Å². The Bertz CT molecular complexity index is 809. The van der Waals surface area contributed by atoms with Crippen LogP contribution in [0.15, 0.2) is 58.5 Å². The van der Waals surface area contributed by atoms with Gasteiger partial charge in [0.25, 0.3) is 0 Å². The van der Waals surface area contributed by atoms with Gasteiger partial charge < -0.3 is 10.6 Å². The van der Waals surface area contributed by atoms with Crippen LogP contribution in [0.2, 0.25) is 5.15 Å². The van der Waals surface area contributed by atoms with Crippen molar-refractivity contribution in [2.24, 2.45) is 4.99 Å². The van der Waals surface area contributed by atoms with Gasteiger partial charge in [0.15, 0.2) is 15.8 Å². The van der Waals surface area contributed by atoms with Gasteiger partial charge in [-0.05, 0) is 37.1 Å². The van der Waals surface area contributed by atoms with E-state index in [9.17, 15) is 8.42 Å². The summed E-state index contributed by atoms with van der Waals surface area (Å²) in [7, 11) is -3.32. The standard InChI is InChI=1S/C18H23ClN4O2S/c1-2-20-18(21-11-10-15-8-9-17(19)23-14-15)22-12-13-26(24,25)16-6-4-3-5-7-16/h3-9,14H,2,10-13H2,1H3,(H2,20,21,22). The van der Waals surface area contributed by atoms with Crippen LogP contribution < -0.4 is 10.6 Å². The number of sulfone groups is 1. The van der Waals surface area contributed by atoms with E-state index >= 15 is 0 Å². The molecule has 0 radical (unpaired) electrons. The molecule has 1 aromatic heterocycles. The first-order valence-corrected chi connectivity index (χ1v) is 10.4. The summed E-state index contributed by atoms with van der Waals surface area (Å²) in [5, 5.41) is 6.77. The largest absolute Gasteiger partial charge is 0.357 e. The number of aromatic nitrogens is 1. The van der Waals surface area contributed by atoms with Crippen LogP contribution >= 0.6 is 11.6 Å². The first kappa shape index (κ1) is 20.2. The molecule has 0 fully saturated rings. The second-order valence-electron chi connectivity index (χ2n) is 5.56. The Morgan fingerprint density at radius 1 is 1.15 bits per heavy atom. The fourth-order valence-corrected chi connectivity index (χ4v) is 3.50. The van der Waals surface area contributed by atoms with Crippen molar-refractivity contribution in [1.29, 1.82) is 0 Å². The highest BCUT2D eigenvalue weighted by atomic mass is 35.5. The summed E-state index contributed by atoms with van der Waals surface area (Å²) in [5.41, 5.74) is 1.06. The lowest BCUT2D eigenvalue weighted by molar-refractivity contribution is 0.596. The minimum Gasteiger partial charge on any atom is -0.357 e. The van der Waals surface area contributed by atoms with E-state index in [1.807, 2.05) is 13.0 Å². The number of hydrogen-bond acceptors (Lipinski definition) is 4. The van der Waals surface area contributed by atoms with Gasteiger partial charge in [0.1, 0.15) is 5.15 Å². The molecule has 2 rings (SSSR count). The molecule has 0 aliphatic carbocycles. The maximum atomic E-state index is 12.3. The molecule has 2 N–H and O–H groups in total. The van der Waals surface area contributed by atoms with Gasteiger partial charge in [-0.2, -0.15) is 0 Å². The highest BCUT2D eigenvalue weighted by molar-refractivity contribution is 7.91. The monoisotopic (exact) mass is 394 g/mol. The van der Waals surface area contributed by atoms with Gasteiger partial charge >= 0.3 is 0 Å². The van der Waals surface area contributed by atoms with Crippen molar-refractivity contribution in [3.05, 3.63) is 59.4 Å². The average Bonchev–Trinajstić information content (AvgIpc) is 2.64. The lowest BCUT2D eigenvalue weighted by Crippen LogP contribution is -2.38. The first-order valence-electron chi connectivity index (χ1n) is 8.41. The predicted molar refractivity (Wildman–Crippen MR) is 105 cm³/mol. The van der Waals surface area contributed by atoms with Gasteiger partial charge in [0.05, 0.1) is 17.2 Å². The summed E-state index contributed by atoms with van der Waals surface area (Å²) < 4.78 is 24.5. The smallest absolute Gasteiger partial charge is 0.191 e. The van der Waals surface area contributed by atoms with E-state index in [-0.39, 0.29) is 12.3 Å². The molecule has 0 aliphatic rings. The first-order chi connectivity index (χ1) is 12.5. The molecule has 2 aromatic rings. The number of guanidine groups is 1. The topological polar surface area (TPSA) is 83.5 Å². The van der Waals surface area contributed by atoms with Crippen molar-refractivity contribution >= 4 is 27.4 Å². The van der Waals surface area contributed by atoms with Gasteiger partial charge in [-0.1, -0.05) is 35.9 Å². The Hall–Kier alpha value is -2.12. The van der Waals surface area contributed by atoms with Gasteiger partial charge in [-0.25, -0.2) is 13.4 Å². The van der Waals surface area contributed by atoms with Crippen molar-refractivity contribution in [3.8, 4) is 0 Å². The third-order valence-corrected chi connectivity index (χ3v) is 5.51. The molecule has 6 nitrogen and oxygen atoms in total. The molecule has 0 unspecified atom stereocenters. The molecule has 0 bridgehead atoms. The highest BCUT2D eigenvalue weighted by Gasteiger charge is 2.13. The molecule has 26 heavy (non-hydrogen) atoms. The van der Waals surface area contributed by atoms with Crippen molar-refractivity contribution in [1.82, 2.24) is 15.6 Å². The van der Waals surface area contributed by atoms with E-state index in [4.69, 9.17) is 11.6 Å². The summed E-state index contributed by atoms with van der Waals surface area (Å²) in [4.78, 5) is 8.71. The number of aliphatic imine (C=N–C) groups is 1. The third kappa shape index (κ3) is 6.65. The van der Waals surface area contributed by atoms with Gasteiger partial charge in [-0.3, -0.25) is 4.99 Å². The Morgan fingerprint density at radius 3 is 2.58 bits per heavy atom. The fraction of sp³-hybridized carbons (Fsp3) is 0.333. The maximum Gasteiger partial charge on any atom is 0.191 e. The quantitative estimate of drug-likeness (QED) is 0.408. The number of rotatable bonds is 8. The van der Waals surface area contributed by atoms with Crippen LogP contribution in [0.25, 0.3) is 0 Å². The molecule has 0 saturated carbocycles. The lowest BCUT2D eigenvalue weighted by Gasteiger charge is -2.11. The zero-order valence-electron chi connectivity index (χ0n) is 14.7. The van der Waals surface area contributed by atoms with Crippen LogP contribution in [0, 0.1) is 0 Å². The molecule has 0 amide bonds. The number of nitrogens with one attached hydrogen (secondary N) is 2. The maximum absolute atomic E-state index is 12.3. The van der Waals surface area contributed by atoms with Crippen molar-refractivity contribution in [3.63, 3.8) is 0 Å². The van der Waals surface area contributed by atoms with Crippen molar-refractivity contribution in [2.45, 2.75) is 18.2 Å². The third-order valence-electron chi connectivity index (χ3n) is 3.57. The van der Waals surface area contributed by atoms with Gasteiger partial charge in [0, 0.05) is 19.3 Å². The molecular formula is C18H23ClN4O2S. The van der Waals surface area contributed by atoms with Crippen LogP contribution in [0.5, 0.6) is 0 Å². The Labute approximate surface area is 159 Å². The Balaban J connectivity index is 1.86. The van der Waals surface area contributed by atoms with Crippen LogP contribution in [0.3, 0.4) is 0 Å². The summed E-state index contributed by atoms with van der Waals surface area (Å²) in [6.45, 7) is 3.50. The van der Waals surface area contributed by atoms with Crippen LogP contribution in [-0.2, 0) is 16.3 Å². The van der Waals surface area contributed by atoms with E-state index in [2.05, 4.69) is 20.6 Å². The van der Waals surface area contributed by atoms with Crippen molar-refractivity contribution < 1.29 is 8.42 Å². The average molecular weight is 395 g/mol. The van der Waals surface area contributed by atoms with Crippen LogP contribution in [0.4, 0.5) is 0 Å². The number of nitrogens with zero attached hydrogens (tertiary/aromatic N) is 2. The second kappa shape index (κ2) is 10.1. The summed E-state index contributed by atoms with van der Waals surface area (Å²) in [6, 6.07) is 12.1. The Morgan fingerprint density at radius 2 is 1.92 bits per heavy atom. The molecule has 1 heterocycles. The van der Waals surface area contributed by atoms with Crippen molar-refractivity contribution in [2.75, 3.05) is 25.4 Å². The molecule has 140 valence electrons. The highest BCUT2D eigenvalue weighted by Crippen LogP contribution is 2.09. The van der Waals surface area contributed by atoms with E-state index in [0.717, 1.165) is 12.0 Å². The lowest BCUT2D eigenvalue weighted by atomic mass is 10.2. The number of pyridine rings is 1. The SMILES string of the molecule is CCNC(=NCCS(=O)(=O)c1ccccc1)NCCc1ccc(Cl)nc1. The van der Waals surface area contributed by atoms with Gasteiger partial charge in [-0.15, -0.1) is 0 Å². The molecule has 1 aromatic carbocycles. The summed E-state index contributed by atoms with van der Waals surface area (Å²) in [5.74, 6) is 0.562. The normalized spacial score (nSPS) is 12.0. The fourth-order valence-electron chi connectivity index (χ4n) is 2.24. The van der Waals surface area contributed by atoms with Gasteiger partial charge in [0.2, 0.25) is 0 Å². The minimum absolute atomic E-state index is 0.0330. The molecule has 0 spiro atoms. The second-order valence-corrected chi connectivity index (χ2v) is 8.05. The zero-order valence-corrected chi connectivity index (χ0v) is 16.2. The zero-order chi connectivity index (χ0) is 18.8. The summed E-state index contributed by atoms with van der Waals surface area (Å²) in [6.07, 6.45) is 2.50. The molecule has 0 aliphatic heterocycles. The molecule has 0 saturated heterocycles. The van der Waals surface area contributed by atoms with E-state index in [1.54, 1.807) is 42.6 Å². The Kier molecular flexibility index (Phi) is 7.87. The number of halogens is 1. The number of hydrogen-bond donors (Lipinski definition) is 2. The van der Waals surface area contributed by atoms with E-state index in [0.29, 0.717) is 29.1 Å². The molecule has 0 atom stereocenters. The predicted octanol–water partition coefficient (Wildman–Crippen LogP) is 2.31. The van der Waals surface area contributed by atoms with E-state index in [1.165, 1.54) is 0 Å². The molecule has 8 heteroatoms. The van der Waals surface area contributed by atoms with Crippen LogP contribution in [0.1, 0.15) is 12.5 Å². The molecular weight excluding hydrogens is 372 g/mol. The van der Waals surface area contributed by atoms with E-state index < -0.39 is 9.84 Å². The number of benzene rings is 1.